The van der Waals surface area contributed by atoms with E-state index in [9.17, 15) is 4.79 Å². The van der Waals surface area contributed by atoms with Crippen molar-refractivity contribution in [2.75, 3.05) is 6.54 Å². The van der Waals surface area contributed by atoms with Crippen LogP contribution in [0.25, 0.3) is 0 Å². The van der Waals surface area contributed by atoms with Crippen molar-refractivity contribution < 1.29 is 4.79 Å². The summed E-state index contributed by atoms with van der Waals surface area (Å²) in [6.45, 7) is 7.73. The third-order valence-electron chi connectivity index (χ3n) is 5.83. The van der Waals surface area contributed by atoms with E-state index in [4.69, 9.17) is 0 Å². The smallest absolute Gasteiger partial charge is 0.227 e. The molecule has 1 aliphatic heterocycles. The highest BCUT2D eigenvalue weighted by molar-refractivity contribution is 5.84. The van der Waals surface area contributed by atoms with Gasteiger partial charge in [-0.3, -0.25) is 4.79 Å². The van der Waals surface area contributed by atoms with Gasteiger partial charge in [0.2, 0.25) is 5.91 Å². The second kappa shape index (κ2) is 6.49. The molecule has 2 nitrogen and oxygen atoms in total. The predicted octanol–water partition coefficient (Wildman–Crippen LogP) is 4.68. The lowest BCUT2D eigenvalue weighted by Crippen LogP contribution is -2.56. The maximum atomic E-state index is 12.8. The molecule has 0 aromatic carbocycles. The molecule has 0 spiro atoms. The summed E-state index contributed by atoms with van der Waals surface area (Å²) in [5, 5.41) is 3.19. The van der Waals surface area contributed by atoms with Gasteiger partial charge in [0.1, 0.15) is 0 Å². The van der Waals surface area contributed by atoms with Gasteiger partial charge in [0.25, 0.3) is 0 Å². The lowest BCUT2D eigenvalue weighted by atomic mass is 9.54. The lowest BCUT2D eigenvalue weighted by molar-refractivity contribution is -0.148. The minimum absolute atomic E-state index is 0.0657. The number of carbonyl (C=O) groups excluding carboxylic acids is 1. The molecular weight excluding hydrogens is 246 g/mol. The summed E-state index contributed by atoms with van der Waals surface area (Å²) in [5.74, 6) is 0.932. The van der Waals surface area contributed by atoms with E-state index in [1.54, 1.807) is 0 Å². The van der Waals surface area contributed by atoms with Crippen molar-refractivity contribution in [2.24, 2.45) is 16.7 Å². The van der Waals surface area contributed by atoms with Crippen LogP contribution in [0.3, 0.4) is 0 Å². The Morgan fingerprint density at radius 2 is 1.50 bits per heavy atom. The molecule has 1 heterocycles. The normalized spacial score (nSPS) is 31.1. The van der Waals surface area contributed by atoms with Crippen LogP contribution >= 0.6 is 0 Å². The summed E-state index contributed by atoms with van der Waals surface area (Å²) in [6, 6.07) is 0. The van der Waals surface area contributed by atoms with Crippen molar-refractivity contribution in [1.29, 1.82) is 0 Å². The Kier molecular flexibility index (Phi) is 5.14. The number of nitrogens with one attached hydrogen (secondary N) is 1. The first-order chi connectivity index (χ1) is 9.48. The Morgan fingerprint density at radius 3 is 2.00 bits per heavy atom. The van der Waals surface area contributed by atoms with Gasteiger partial charge in [0, 0.05) is 6.54 Å². The number of amides is 1. The van der Waals surface area contributed by atoms with E-state index in [2.05, 4.69) is 26.1 Å². The average Bonchev–Trinajstić information content (AvgIpc) is 2.51. The van der Waals surface area contributed by atoms with Crippen LogP contribution in [0.2, 0.25) is 0 Å². The molecule has 116 valence electrons. The quantitative estimate of drug-likeness (QED) is 0.742. The first kappa shape index (κ1) is 15.9. The maximum absolute atomic E-state index is 12.8. The fourth-order valence-corrected chi connectivity index (χ4v) is 4.68. The van der Waals surface area contributed by atoms with Gasteiger partial charge in [-0.1, -0.05) is 59.3 Å². The number of hydrogen-bond acceptors (Lipinski definition) is 1. The molecule has 2 rings (SSSR count). The van der Waals surface area contributed by atoms with Gasteiger partial charge in [0.15, 0.2) is 0 Å². The molecular formula is C18H33NO. The van der Waals surface area contributed by atoms with E-state index in [0.29, 0.717) is 11.8 Å². The Morgan fingerprint density at radius 1 is 0.950 bits per heavy atom. The number of carbonyl (C=O) groups is 1. The van der Waals surface area contributed by atoms with Crippen molar-refractivity contribution in [2.45, 2.75) is 85.0 Å². The summed E-state index contributed by atoms with van der Waals surface area (Å²) in [6.07, 6.45) is 12.9. The van der Waals surface area contributed by atoms with E-state index >= 15 is 0 Å². The zero-order chi connectivity index (χ0) is 14.6. The van der Waals surface area contributed by atoms with Crippen molar-refractivity contribution in [3.05, 3.63) is 0 Å². The molecule has 0 radical (unpaired) electrons. The zero-order valence-corrected chi connectivity index (χ0v) is 13.8. The van der Waals surface area contributed by atoms with Crippen LogP contribution < -0.4 is 5.32 Å². The number of hydrogen-bond donors (Lipinski definition) is 1. The zero-order valence-electron chi connectivity index (χ0n) is 13.8. The Hall–Kier alpha value is -0.530. The van der Waals surface area contributed by atoms with Gasteiger partial charge in [-0.15, -0.1) is 0 Å². The molecule has 1 N–H and O–H groups in total. The summed E-state index contributed by atoms with van der Waals surface area (Å²) >= 11 is 0. The van der Waals surface area contributed by atoms with E-state index < -0.39 is 0 Å². The van der Waals surface area contributed by atoms with E-state index in [-0.39, 0.29) is 10.8 Å². The molecule has 1 aliphatic carbocycles. The van der Waals surface area contributed by atoms with Crippen LogP contribution in [0.4, 0.5) is 0 Å². The van der Waals surface area contributed by atoms with Crippen molar-refractivity contribution in [1.82, 2.24) is 5.32 Å². The molecule has 2 aliphatic rings. The van der Waals surface area contributed by atoms with Crippen LogP contribution in [-0.4, -0.2) is 12.5 Å². The molecule has 1 amide bonds. The molecule has 1 unspecified atom stereocenters. The number of rotatable bonds is 1. The van der Waals surface area contributed by atoms with E-state index in [1.807, 2.05) is 0 Å². The molecule has 0 aromatic heterocycles. The second-order valence-electron chi connectivity index (χ2n) is 7.98. The Labute approximate surface area is 125 Å². The second-order valence-corrected chi connectivity index (χ2v) is 7.98. The molecule has 20 heavy (non-hydrogen) atoms. The molecule has 2 heteroatoms. The van der Waals surface area contributed by atoms with Crippen LogP contribution in [-0.2, 0) is 4.79 Å². The highest BCUT2D eigenvalue weighted by Gasteiger charge is 2.53. The third kappa shape index (κ3) is 3.04. The SMILES string of the molecule is CC(C)(C)C1(C2CCCCCCCC2)CCCNC1=O. The highest BCUT2D eigenvalue weighted by atomic mass is 16.2. The lowest BCUT2D eigenvalue weighted by Gasteiger charge is -2.51. The van der Waals surface area contributed by atoms with Gasteiger partial charge in [-0.25, -0.2) is 0 Å². The van der Waals surface area contributed by atoms with Crippen LogP contribution in [0.15, 0.2) is 0 Å². The van der Waals surface area contributed by atoms with Gasteiger partial charge in [0.05, 0.1) is 5.41 Å². The van der Waals surface area contributed by atoms with E-state index in [1.165, 1.54) is 51.4 Å². The summed E-state index contributed by atoms with van der Waals surface area (Å²) in [5.41, 5.74) is -0.0637. The minimum atomic E-state index is -0.129. The topological polar surface area (TPSA) is 29.1 Å². The third-order valence-corrected chi connectivity index (χ3v) is 5.83. The fraction of sp³-hybridized carbons (Fsp3) is 0.944. The monoisotopic (exact) mass is 279 g/mol. The molecule has 2 fully saturated rings. The van der Waals surface area contributed by atoms with E-state index in [0.717, 1.165) is 19.4 Å². The van der Waals surface area contributed by atoms with Gasteiger partial charge >= 0.3 is 0 Å². The number of piperidine rings is 1. The Balaban J connectivity index is 2.26. The van der Waals surface area contributed by atoms with Crippen LogP contribution in [0.1, 0.15) is 85.0 Å². The first-order valence-corrected chi connectivity index (χ1v) is 8.77. The molecule has 1 saturated carbocycles. The fourth-order valence-electron chi connectivity index (χ4n) is 4.68. The van der Waals surface area contributed by atoms with Gasteiger partial charge < -0.3 is 5.32 Å². The van der Waals surface area contributed by atoms with Crippen LogP contribution in [0.5, 0.6) is 0 Å². The first-order valence-electron chi connectivity index (χ1n) is 8.77. The summed E-state index contributed by atoms with van der Waals surface area (Å²) < 4.78 is 0. The van der Waals surface area contributed by atoms with Crippen molar-refractivity contribution >= 4 is 5.91 Å². The highest BCUT2D eigenvalue weighted by Crippen LogP contribution is 2.53. The molecule has 1 saturated heterocycles. The minimum Gasteiger partial charge on any atom is -0.356 e. The average molecular weight is 279 g/mol. The summed E-state index contributed by atoms with van der Waals surface area (Å²) in [4.78, 5) is 12.8. The largest absolute Gasteiger partial charge is 0.356 e. The van der Waals surface area contributed by atoms with Gasteiger partial charge in [-0.05, 0) is 37.0 Å². The molecule has 0 aromatic rings. The standard InChI is InChI=1S/C18H33NO/c1-17(2,3)18(13-10-14-19-16(18)20)15-11-8-6-4-5-7-9-12-15/h15H,4-14H2,1-3H3,(H,19,20). The summed E-state index contributed by atoms with van der Waals surface area (Å²) in [7, 11) is 0. The Bertz CT molecular complexity index is 321. The molecule has 1 atom stereocenters. The van der Waals surface area contributed by atoms with Crippen molar-refractivity contribution in [3.63, 3.8) is 0 Å². The molecule has 0 bridgehead atoms. The maximum Gasteiger partial charge on any atom is 0.227 e. The van der Waals surface area contributed by atoms with Crippen LogP contribution in [0, 0.1) is 16.7 Å². The predicted molar refractivity (Wildman–Crippen MR) is 84.6 cm³/mol. The van der Waals surface area contributed by atoms with Gasteiger partial charge in [-0.2, -0.15) is 0 Å². The van der Waals surface area contributed by atoms with Crippen molar-refractivity contribution in [3.8, 4) is 0 Å².